The van der Waals surface area contributed by atoms with Crippen molar-refractivity contribution in [1.82, 2.24) is 4.90 Å². The van der Waals surface area contributed by atoms with Gasteiger partial charge in [0.25, 0.3) is 0 Å². The average Bonchev–Trinajstić information content (AvgIpc) is 2.95. The van der Waals surface area contributed by atoms with Crippen molar-refractivity contribution in [2.45, 2.75) is 13.5 Å². The lowest BCUT2D eigenvalue weighted by atomic mass is 10.3. The molecule has 5 nitrogen and oxygen atoms in total. The summed E-state index contributed by atoms with van der Waals surface area (Å²) in [5.41, 5.74) is 0.116. The average molecular weight is 308 g/mol. The first-order valence-electron chi connectivity index (χ1n) is 6.48. The molecule has 0 aliphatic carbocycles. The first-order chi connectivity index (χ1) is 10.5. The minimum Gasteiger partial charge on any atom is -0.467 e. The van der Waals surface area contributed by atoms with E-state index in [0.717, 1.165) is 12.1 Å². The molecule has 0 fully saturated rings. The number of nitrogens with one attached hydrogen (secondary N) is 1. The van der Waals surface area contributed by atoms with E-state index in [4.69, 9.17) is 4.42 Å². The molecule has 2 aromatic rings. The minimum atomic E-state index is -1.06. The lowest BCUT2D eigenvalue weighted by Crippen LogP contribution is -2.36. The van der Waals surface area contributed by atoms with Crippen molar-refractivity contribution in [1.29, 1.82) is 0 Å². The molecular formula is C15H14F2N2O3. The number of nitrogens with zero attached hydrogens (tertiary/aromatic N) is 1. The van der Waals surface area contributed by atoms with Crippen molar-refractivity contribution in [3.63, 3.8) is 0 Å². The van der Waals surface area contributed by atoms with E-state index < -0.39 is 17.5 Å². The Balaban J connectivity index is 1.98. The lowest BCUT2D eigenvalue weighted by Gasteiger charge is -2.19. The van der Waals surface area contributed by atoms with E-state index in [1.807, 2.05) is 0 Å². The Labute approximate surface area is 125 Å². The molecule has 0 aliphatic rings. The highest BCUT2D eigenvalue weighted by Crippen LogP contribution is 2.13. The fourth-order valence-corrected chi connectivity index (χ4v) is 1.82. The Hall–Kier alpha value is -2.70. The van der Waals surface area contributed by atoms with Crippen LogP contribution in [-0.2, 0) is 16.1 Å². The van der Waals surface area contributed by atoms with E-state index >= 15 is 0 Å². The topological polar surface area (TPSA) is 62.6 Å². The summed E-state index contributed by atoms with van der Waals surface area (Å²) < 4.78 is 31.0. The zero-order chi connectivity index (χ0) is 16.1. The second-order valence-electron chi connectivity index (χ2n) is 4.63. The van der Waals surface area contributed by atoms with Gasteiger partial charge in [-0.15, -0.1) is 0 Å². The van der Waals surface area contributed by atoms with Gasteiger partial charge < -0.3 is 14.6 Å². The molecule has 7 heteroatoms. The molecule has 0 saturated carbocycles. The smallest absolute Gasteiger partial charge is 0.244 e. The number of benzene rings is 1. The summed E-state index contributed by atoms with van der Waals surface area (Å²) in [5, 5.41) is 2.40. The van der Waals surface area contributed by atoms with Crippen LogP contribution in [-0.4, -0.2) is 23.3 Å². The Morgan fingerprint density at radius 2 is 2.00 bits per heavy atom. The summed E-state index contributed by atoms with van der Waals surface area (Å²) in [4.78, 5) is 24.7. The number of amides is 2. The van der Waals surface area contributed by atoms with Gasteiger partial charge in [0, 0.05) is 18.7 Å². The van der Waals surface area contributed by atoms with Gasteiger partial charge in [0.05, 0.1) is 12.8 Å². The maximum absolute atomic E-state index is 13.1. The van der Waals surface area contributed by atoms with Gasteiger partial charge in [0.1, 0.15) is 12.3 Å². The maximum atomic E-state index is 13.1. The molecule has 0 saturated heterocycles. The molecule has 0 aliphatic heterocycles. The Kier molecular flexibility index (Phi) is 4.88. The largest absolute Gasteiger partial charge is 0.467 e. The molecular weight excluding hydrogens is 294 g/mol. The lowest BCUT2D eigenvalue weighted by molar-refractivity contribution is -0.133. The van der Waals surface area contributed by atoms with Crippen LogP contribution in [0.25, 0.3) is 0 Å². The molecule has 0 radical (unpaired) electrons. The van der Waals surface area contributed by atoms with Crippen molar-refractivity contribution in [3.05, 3.63) is 54.0 Å². The van der Waals surface area contributed by atoms with Gasteiger partial charge in [-0.3, -0.25) is 9.59 Å². The molecule has 1 N–H and O–H groups in total. The third kappa shape index (κ3) is 4.15. The SMILES string of the molecule is CC(=O)N(CC(=O)Nc1ccc(F)c(F)c1)Cc1ccco1. The van der Waals surface area contributed by atoms with Crippen molar-refractivity contribution in [2.75, 3.05) is 11.9 Å². The van der Waals surface area contributed by atoms with Gasteiger partial charge in [-0.25, -0.2) is 8.78 Å². The fraction of sp³-hybridized carbons (Fsp3) is 0.200. The number of carbonyl (C=O) groups is 2. The predicted molar refractivity (Wildman–Crippen MR) is 74.8 cm³/mol. The molecule has 0 unspecified atom stereocenters. The second-order valence-corrected chi connectivity index (χ2v) is 4.63. The van der Waals surface area contributed by atoms with Gasteiger partial charge in [-0.1, -0.05) is 0 Å². The van der Waals surface area contributed by atoms with Crippen molar-refractivity contribution >= 4 is 17.5 Å². The molecule has 116 valence electrons. The first-order valence-corrected chi connectivity index (χ1v) is 6.48. The van der Waals surface area contributed by atoms with Crippen LogP contribution in [0.1, 0.15) is 12.7 Å². The number of furan rings is 1. The van der Waals surface area contributed by atoms with E-state index in [1.165, 1.54) is 24.2 Å². The molecule has 22 heavy (non-hydrogen) atoms. The van der Waals surface area contributed by atoms with E-state index in [0.29, 0.717) is 5.76 Å². The fourth-order valence-electron chi connectivity index (χ4n) is 1.82. The highest BCUT2D eigenvalue weighted by Gasteiger charge is 2.16. The number of rotatable bonds is 5. The van der Waals surface area contributed by atoms with Crippen LogP contribution in [0, 0.1) is 11.6 Å². The Morgan fingerprint density at radius 3 is 2.59 bits per heavy atom. The number of hydrogen-bond donors (Lipinski definition) is 1. The van der Waals surface area contributed by atoms with Crippen LogP contribution in [0.5, 0.6) is 0 Å². The number of carbonyl (C=O) groups excluding carboxylic acids is 2. The normalized spacial score (nSPS) is 10.3. The number of hydrogen-bond acceptors (Lipinski definition) is 3. The highest BCUT2D eigenvalue weighted by molar-refractivity contribution is 5.94. The van der Waals surface area contributed by atoms with E-state index in [1.54, 1.807) is 12.1 Å². The summed E-state index contributed by atoms with van der Waals surface area (Å²) in [6.07, 6.45) is 1.47. The molecule has 1 heterocycles. The van der Waals surface area contributed by atoms with Crippen LogP contribution in [0.4, 0.5) is 14.5 Å². The van der Waals surface area contributed by atoms with Crippen molar-refractivity contribution < 1.29 is 22.8 Å². The maximum Gasteiger partial charge on any atom is 0.244 e. The van der Waals surface area contributed by atoms with E-state index in [9.17, 15) is 18.4 Å². The summed E-state index contributed by atoms with van der Waals surface area (Å²) in [6, 6.07) is 6.38. The zero-order valence-electron chi connectivity index (χ0n) is 11.8. The molecule has 1 aromatic heterocycles. The van der Waals surface area contributed by atoms with Gasteiger partial charge in [0.15, 0.2) is 11.6 Å². The monoisotopic (exact) mass is 308 g/mol. The third-order valence-electron chi connectivity index (χ3n) is 2.91. The van der Waals surface area contributed by atoms with E-state index in [-0.39, 0.29) is 24.7 Å². The number of anilines is 1. The van der Waals surface area contributed by atoms with Gasteiger partial charge in [-0.05, 0) is 24.3 Å². The van der Waals surface area contributed by atoms with Gasteiger partial charge >= 0.3 is 0 Å². The van der Waals surface area contributed by atoms with Crippen molar-refractivity contribution in [2.24, 2.45) is 0 Å². The second kappa shape index (κ2) is 6.84. The molecule has 0 bridgehead atoms. The van der Waals surface area contributed by atoms with Crippen LogP contribution >= 0.6 is 0 Å². The standard InChI is InChI=1S/C15H14F2N2O3/c1-10(20)19(8-12-3-2-6-22-12)9-15(21)18-11-4-5-13(16)14(17)7-11/h2-7H,8-9H2,1H3,(H,18,21). The number of halogens is 2. The Bertz CT molecular complexity index is 671. The third-order valence-corrected chi connectivity index (χ3v) is 2.91. The van der Waals surface area contributed by atoms with Crippen LogP contribution in [0.3, 0.4) is 0 Å². The molecule has 2 rings (SSSR count). The van der Waals surface area contributed by atoms with Gasteiger partial charge in [-0.2, -0.15) is 0 Å². The summed E-state index contributed by atoms with van der Waals surface area (Å²) in [7, 11) is 0. The predicted octanol–water partition coefficient (Wildman–Crippen LogP) is 2.55. The van der Waals surface area contributed by atoms with Gasteiger partial charge in [0.2, 0.25) is 11.8 Å². The molecule has 0 atom stereocenters. The quantitative estimate of drug-likeness (QED) is 0.923. The first kappa shape index (κ1) is 15.7. The van der Waals surface area contributed by atoms with Crippen molar-refractivity contribution in [3.8, 4) is 0 Å². The Morgan fingerprint density at radius 1 is 1.23 bits per heavy atom. The summed E-state index contributed by atoms with van der Waals surface area (Å²) in [6.45, 7) is 1.25. The molecule has 0 spiro atoms. The van der Waals surface area contributed by atoms with E-state index in [2.05, 4.69) is 5.32 Å². The minimum absolute atomic E-state index is 0.116. The summed E-state index contributed by atoms with van der Waals surface area (Å²) in [5.74, 6) is -2.35. The molecule has 2 amide bonds. The highest BCUT2D eigenvalue weighted by atomic mass is 19.2. The molecule has 1 aromatic carbocycles. The zero-order valence-corrected chi connectivity index (χ0v) is 11.8. The van der Waals surface area contributed by atoms with Crippen LogP contribution in [0.2, 0.25) is 0 Å². The van der Waals surface area contributed by atoms with Crippen LogP contribution in [0.15, 0.2) is 41.0 Å². The summed E-state index contributed by atoms with van der Waals surface area (Å²) >= 11 is 0. The van der Waals surface area contributed by atoms with Crippen LogP contribution < -0.4 is 5.32 Å².